The number of benzene rings is 1. The standard InChI is InChI=1S/C14H17N3/c1-10-6-3-4-7-11(10)13(16-2)12-8-5-9-17-14(12)15/h3-9,13,16H,1-2H3,(H2,15,17). The number of nitrogens with one attached hydrogen (secondary N) is 1. The summed E-state index contributed by atoms with van der Waals surface area (Å²) < 4.78 is 0. The van der Waals surface area contributed by atoms with Gasteiger partial charge in [0.25, 0.3) is 0 Å². The third-order valence-corrected chi connectivity index (χ3v) is 2.97. The number of nitrogen functional groups attached to an aromatic ring is 1. The van der Waals surface area contributed by atoms with Crippen LogP contribution in [-0.2, 0) is 0 Å². The second-order valence-electron chi connectivity index (χ2n) is 4.06. The third kappa shape index (κ3) is 2.29. The quantitative estimate of drug-likeness (QED) is 0.845. The van der Waals surface area contributed by atoms with Gasteiger partial charge in [0.15, 0.2) is 0 Å². The second-order valence-corrected chi connectivity index (χ2v) is 4.06. The number of anilines is 1. The molecule has 0 saturated carbocycles. The van der Waals surface area contributed by atoms with Gasteiger partial charge < -0.3 is 11.1 Å². The summed E-state index contributed by atoms with van der Waals surface area (Å²) in [5.74, 6) is 0.579. The van der Waals surface area contributed by atoms with Gasteiger partial charge in [-0.1, -0.05) is 30.3 Å². The predicted molar refractivity (Wildman–Crippen MR) is 70.7 cm³/mol. The van der Waals surface area contributed by atoms with Crippen LogP contribution >= 0.6 is 0 Å². The van der Waals surface area contributed by atoms with Crippen molar-refractivity contribution in [2.75, 3.05) is 12.8 Å². The molecule has 1 aromatic heterocycles. The van der Waals surface area contributed by atoms with Crippen LogP contribution in [0.2, 0.25) is 0 Å². The van der Waals surface area contributed by atoms with Crippen LogP contribution < -0.4 is 11.1 Å². The summed E-state index contributed by atoms with van der Waals surface area (Å²) in [4.78, 5) is 4.14. The van der Waals surface area contributed by atoms with Crippen molar-refractivity contribution < 1.29 is 0 Å². The van der Waals surface area contributed by atoms with Crippen molar-refractivity contribution in [3.05, 3.63) is 59.3 Å². The van der Waals surface area contributed by atoms with Crippen molar-refractivity contribution in [3.63, 3.8) is 0 Å². The van der Waals surface area contributed by atoms with Crippen LogP contribution in [0.1, 0.15) is 22.7 Å². The molecule has 0 radical (unpaired) electrons. The highest BCUT2D eigenvalue weighted by Crippen LogP contribution is 2.26. The van der Waals surface area contributed by atoms with Gasteiger partial charge in [0.1, 0.15) is 5.82 Å². The molecule has 2 aromatic rings. The fourth-order valence-electron chi connectivity index (χ4n) is 2.06. The monoisotopic (exact) mass is 227 g/mol. The highest BCUT2D eigenvalue weighted by atomic mass is 14.9. The lowest BCUT2D eigenvalue weighted by Gasteiger charge is -2.20. The van der Waals surface area contributed by atoms with Crippen molar-refractivity contribution >= 4 is 5.82 Å². The topological polar surface area (TPSA) is 50.9 Å². The molecule has 0 aliphatic carbocycles. The highest BCUT2D eigenvalue weighted by molar-refractivity contribution is 5.47. The van der Waals surface area contributed by atoms with Gasteiger partial charge >= 0.3 is 0 Å². The largest absolute Gasteiger partial charge is 0.383 e. The van der Waals surface area contributed by atoms with Crippen molar-refractivity contribution in [2.45, 2.75) is 13.0 Å². The summed E-state index contributed by atoms with van der Waals surface area (Å²) in [6.45, 7) is 2.10. The van der Waals surface area contributed by atoms with E-state index in [2.05, 4.69) is 29.4 Å². The normalized spacial score (nSPS) is 12.4. The Bertz CT molecular complexity index is 463. The molecule has 0 spiro atoms. The molecule has 3 N–H and O–H groups in total. The van der Waals surface area contributed by atoms with E-state index >= 15 is 0 Å². The average Bonchev–Trinajstić information content (AvgIpc) is 2.34. The number of aryl methyl sites for hydroxylation is 1. The van der Waals surface area contributed by atoms with E-state index in [0.29, 0.717) is 5.82 Å². The third-order valence-electron chi connectivity index (χ3n) is 2.97. The molecule has 0 saturated heterocycles. The first kappa shape index (κ1) is 11.6. The predicted octanol–water partition coefficient (Wildman–Crippen LogP) is 2.28. The maximum Gasteiger partial charge on any atom is 0.128 e. The van der Waals surface area contributed by atoms with E-state index in [0.717, 1.165) is 5.56 Å². The Hall–Kier alpha value is -1.87. The van der Waals surface area contributed by atoms with Gasteiger partial charge in [-0.2, -0.15) is 0 Å². The van der Waals surface area contributed by atoms with Crippen LogP contribution in [0.4, 0.5) is 5.82 Å². The van der Waals surface area contributed by atoms with Crippen LogP contribution in [-0.4, -0.2) is 12.0 Å². The molecule has 0 aliphatic rings. The van der Waals surface area contributed by atoms with Crippen LogP contribution in [0.15, 0.2) is 42.6 Å². The summed E-state index contributed by atoms with van der Waals surface area (Å²) in [6.07, 6.45) is 1.71. The van der Waals surface area contributed by atoms with Crippen LogP contribution in [0.5, 0.6) is 0 Å². The molecule has 88 valence electrons. The fraction of sp³-hybridized carbons (Fsp3) is 0.214. The highest BCUT2D eigenvalue weighted by Gasteiger charge is 2.16. The van der Waals surface area contributed by atoms with Crippen LogP contribution in [0.25, 0.3) is 0 Å². The van der Waals surface area contributed by atoms with Crippen molar-refractivity contribution in [2.24, 2.45) is 0 Å². The Morgan fingerprint density at radius 2 is 1.82 bits per heavy atom. The minimum atomic E-state index is 0.0879. The van der Waals surface area contributed by atoms with Gasteiger partial charge in [0, 0.05) is 11.8 Å². The molecule has 0 aliphatic heterocycles. The lowest BCUT2D eigenvalue weighted by molar-refractivity contribution is 0.687. The van der Waals surface area contributed by atoms with E-state index < -0.39 is 0 Å². The summed E-state index contributed by atoms with van der Waals surface area (Å²) >= 11 is 0. The zero-order chi connectivity index (χ0) is 12.3. The van der Waals surface area contributed by atoms with Crippen LogP contribution in [0.3, 0.4) is 0 Å². The summed E-state index contributed by atoms with van der Waals surface area (Å²) in [6, 6.07) is 12.3. The molecule has 1 heterocycles. The van der Waals surface area contributed by atoms with E-state index in [-0.39, 0.29) is 6.04 Å². The number of hydrogen-bond donors (Lipinski definition) is 2. The van der Waals surface area contributed by atoms with E-state index in [4.69, 9.17) is 5.73 Å². The summed E-state index contributed by atoms with van der Waals surface area (Å²) in [7, 11) is 1.93. The molecule has 0 amide bonds. The lowest BCUT2D eigenvalue weighted by atomic mass is 9.95. The maximum absolute atomic E-state index is 5.93. The molecule has 1 atom stereocenters. The van der Waals surface area contributed by atoms with Gasteiger partial charge in [-0.05, 0) is 31.2 Å². The van der Waals surface area contributed by atoms with E-state index in [1.54, 1.807) is 6.20 Å². The molecular formula is C14H17N3. The Morgan fingerprint density at radius 3 is 2.47 bits per heavy atom. The SMILES string of the molecule is CNC(c1ccccc1C)c1cccnc1N. The number of aromatic nitrogens is 1. The fourth-order valence-corrected chi connectivity index (χ4v) is 2.06. The molecule has 0 fully saturated rings. The zero-order valence-corrected chi connectivity index (χ0v) is 10.1. The smallest absolute Gasteiger partial charge is 0.128 e. The molecular weight excluding hydrogens is 210 g/mol. The molecule has 0 bridgehead atoms. The van der Waals surface area contributed by atoms with Gasteiger partial charge in [0.05, 0.1) is 6.04 Å². The van der Waals surface area contributed by atoms with Crippen molar-refractivity contribution in [1.29, 1.82) is 0 Å². The first-order valence-electron chi connectivity index (χ1n) is 5.67. The van der Waals surface area contributed by atoms with E-state index in [1.165, 1.54) is 11.1 Å². The number of pyridine rings is 1. The number of nitrogens with zero attached hydrogens (tertiary/aromatic N) is 1. The number of hydrogen-bond acceptors (Lipinski definition) is 3. The first-order valence-corrected chi connectivity index (χ1v) is 5.67. The minimum absolute atomic E-state index is 0.0879. The zero-order valence-electron chi connectivity index (χ0n) is 10.1. The molecule has 3 nitrogen and oxygen atoms in total. The Labute approximate surface area is 102 Å². The number of nitrogens with two attached hydrogens (primary N) is 1. The van der Waals surface area contributed by atoms with Gasteiger partial charge in [-0.25, -0.2) is 4.98 Å². The van der Waals surface area contributed by atoms with Crippen molar-refractivity contribution in [3.8, 4) is 0 Å². The molecule has 1 aromatic carbocycles. The molecule has 2 rings (SSSR count). The Balaban J connectivity index is 2.48. The summed E-state index contributed by atoms with van der Waals surface area (Å²) in [5.41, 5.74) is 9.43. The van der Waals surface area contributed by atoms with Gasteiger partial charge in [-0.15, -0.1) is 0 Å². The number of rotatable bonds is 3. The average molecular weight is 227 g/mol. The molecule has 17 heavy (non-hydrogen) atoms. The van der Waals surface area contributed by atoms with Crippen LogP contribution in [0, 0.1) is 6.92 Å². The second kappa shape index (κ2) is 4.97. The Kier molecular flexibility index (Phi) is 3.40. The van der Waals surface area contributed by atoms with E-state index in [9.17, 15) is 0 Å². The van der Waals surface area contributed by atoms with Crippen molar-refractivity contribution in [1.82, 2.24) is 10.3 Å². The molecule has 3 heteroatoms. The van der Waals surface area contributed by atoms with E-state index in [1.807, 2.05) is 31.3 Å². The lowest BCUT2D eigenvalue weighted by Crippen LogP contribution is -2.20. The molecule has 1 unspecified atom stereocenters. The Morgan fingerprint density at radius 1 is 1.12 bits per heavy atom. The van der Waals surface area contributed by atoms with Gasteiger partial charge in [0.2, 0.25) is 0 Å². The maximum atomic E-state index is 5.93. The van der Waals surface area contributed by atoms with Gasteiger partial charge in [-0.3, -0.25) is 0 Å². The minimum Gasteiger partial charge on any atom is -0.383 e. The summed E-state index contributed by atoms with van der Waals surface area (Å²) in [5, 5.41) is 3.30. The first-order chi connectivity index (χ1) is 8.24.